The number of rotatable bonds is 5. The standard InChI is InChI=1S/C16H25N3OS/c1-16(2,13-3-5-14(17)6-4-13)15(20)18-7-8-19-9-11-21-12-10-19/h3-6H,7-12,17H2,1-2H3,(H,18,20). The van der Waals surface area contributed by atoms with E-state index in [4.69, 9.17) is 5.73 Å². The van der Waals surface area contributed by atoms with Crippen LogP contribution >= 0.6 is 11.8 Å². The summed E-state index contributed by atoms with van der Waals surface area (Å²) in [7, 11) is 0. The fraction of sp³-hybridized carbons (Fsp3) is 0.562. The molecule has 0 spiro atoms. The smallest absolute Gasteiger partial charge is 0.230 e. The molecule has 1 saturated heterocycles. The Morgan fingerprint density at radius 2 is 1.90 bits per heavy atom. The van der Waals surface area contributed by atoms with Crippen molar-refractivity contribution in [2.24, 2.45) is 0 Å². The van der Waals surface area contributed by atoms with Crippen LogP contribution in [0.5, 0.6) is 0 Å². The number of anilines is 1. The molecule has 1 aromatic rings. The molecule has 1 aliphatic heterocycles. The number of nitrogens with zero attached hydrogens (tertiary/aromatic N) is 1. The molecule has 4 nitrogen and oxygen atoms in total. The molecular weight excluding hydrogens is 282 g/mol. The highest BCUT2D eigenvalue weighted by molar-refractivity contribution is 7.99. The summed E-state index contributed by atoms with van der Waals surface area (Å²) in [4.78, 5) is 14.8. The van der Waals surface area contributed by atoms with Gasteiger partial charge in [-0.2, -0.15) is 11.8 Å². The fourth-order valence-electron chi connectivity index (χ4n) is 2.40. The highest BCUT2D eigenvalue weighted by atomic mass is 32.2. The predicted octanol–water partition coefficient (Wildman–Crippen LogP) is 1.71. The van der Waals surface area contributed by atoms with Crippen molar-refractivity contribution in [2.45, 2.75) is 19.3 Å². The molecule has 0 aliphatic carbocycles. The maximum atomic E-state index is 12.4. The third-order valence-corrected chi connectivity index (χ3v) is 4.96. The van der Waals surface area contributed by atoms with Gasteiger partial charge in [0.05, 0.1) is 5.41 Å². The minimum absolute atomic E-state index is 0.0682. The zero-order valence-corrected chi connectivity index (χ0v) is 13.7. The van der Waals surface area contributed by atoms with E-state index >= 15 is 0 Å². The lowest BCUT2D eigenvalue weighted by Crippen LogP contribution is -2.44. The van der Waals surface area contributed by atoms with Gasteiger partial charge in [0.15, 0.2) is 0 Å². The molecule has 21 heavy (non-hydrogen) atoms. The molecule has 1 fully saturated rings. The number of nitrogen functional groups attached to an aromatic ring is 1. The molecule has 1 amide bonds. The lowest BCUT2D eigenvalue weighted by molar-refractivity contribution is -0.125. The fourth-order valence-corrected chi connectivity index (χ4v) is 3.38. The Labute approximate surface area is 131 Å². The Balaban J connectivity index is 1.84. The Kier molecular flexibility index (Phi) is 5.53. The van der Waals surface area contributed by atoms with Gasteiger partial charge in [0.1, 0.15) is 0 Å². The van der Waals surface area contributed by atoms with Gasteiger partial charge in [-0.05, 0) is 31.5 Å². The highest BCUT2D eigenvalue weighted by Crippen LogP contribution is 2.24. The maximum Gasteiger partial charge on any atom is 0.230 e. The van der Waals surface area contributed by atoms with Crippen LogP contribution in [-0.4, -0.2) is 48.5 Å². The molecule has 0 aromatic heterocycles. The molecule has 1 aromatic carbocycles. The van der Waals surface area contributed by atoms with Crippen LogP contribution in [0.15, 0.2) is 24.3 Å². The number of thioether (sulfide) groups is 1. The summed E-state index contributed by atoms with van der Waals surface area (Å²) in [6.07, 6.45) is 0. The second kappa shape index (κ2) is 7.18. The number of amides is 1. The Morgan fingerprint density at radius 3 is 2.52 bits per heavy atom. The van der Waals surface area contributed by atoms with Crippen LogP contribution in [-0.2, 0) is 10.2 Å². The van der Waals surface area contributed by atoms with Crippen LogP contribution < -0.4 is 11.1 Å². The summed E-state index contributed by atoms with van der Waals surface area (Å²) >= 11 is 2.00. The van der Waals surface area contributed by atoms with Gasteiger partial charge in [-0.15, -0.1) is 0 Å². The average Bonchev–Trinajstić information content (AvgIpc) is 2.48. The van der Waals surface area contributed by atoms with Crippen molar-refractivity contribution < 1.29 is 4.79 Å². The first-order chi connectivity index (χ1) is 10.00. The molecule has 116 valence electrons. The van der Waals surface area contributed by atoms with E-state index in [9.17, 15) is 4.79 Å². The molecule has 0 unspecified atom stereocenters. The summed E-state index contributed by atoms with van der Waals surface area (Å²) in [5.74, 6) is 2.47. The van der Waals surface area contributed by atoms with E-state index in [1.165, 1.54) is 11.5 Å². The number of hydrogen-bond donors (Lipinski definition) is 2. The molecule has 5 heteroatoms. The van der Waals surface area contributed by atoms with Crippen molar-refractivity contribution in [3.63, 3.8) is 0 Å². The van der Waals surface area contributed by atoms with Gasteiger partial charge in [0.2, 0.25) is 5.91 Å². The zero-order chi connectivity index (χ0) is 15.3. The predicted molar refractivity (Wildman–Crippen MR) is 90.7 cm³/mol. The minimum Gasteiger partial charge on any atom is -0.399 e. The van der Waals surface area contributed by atoms with Gasteiger partial charge in [0, 0.05) is 43.4 Å². The lowest BCUT2D eigenvalue weighted by Gasteiger charge is -2.28. The third-order valence-electron chi connectivity index (χ3n) is 4.02. The molecule has 0 atom stereocenters. The topological polar surface area (TPSA) is 58.4 Å². The number of benzene rings is 1. The SMILES string of the molecule is CC(C)(C(=O)NCCN1CCSCC1)c1ccc(N)cc1. The summed E-state index contributed by atoms with van der Waals surface area (Å²) in [6, 6.07) is 7.54. The van der Waals surface area contributed by atoms with Crippen LogP contribution in [0.2, 0.25) is 0 Å². The van der Waals surface area contributed by atoms with Crippen molar-refractivity contribution in [3.8, 4) is 0 Å². The Hall–Kier alpha value is -1.20. The number of nitrogens with two attached hydrogens (primary N) is 1. The monoisotopic (exact) mass is 307 g/mol. The van der Waals surface area contributed by atoms with Crippen molar-refractivity contribution in [2.75, 3.05) is 43.4 Å². The van der Waals surface area contributed by atoms with Crippen molar-refractivity contribution in [3.05, 3.63) is 29.8 Å². The van der Waals surface area contributed by atoms with Crippen LogP contribution in [0.3, 0.4) is 0 Å². The summed E-state index contributed by atoms with van der Waals surface area (Å²) < 4.78 is 0. The van der Waals surface area contributed by atoms with Gasteiger partial charge in [-0.25, -0.2) is 0 Å². The van der Waals surface area contributed by atoms with Gasteiger partial charge < -0.3 is 11.1 Å². The average molecular weight is 307 g/mol. The molecule has 1 aliphatic rings. The van der Waals surface area contributed by atoms with E-state index in [-0.39, 0.29) is 5.91 Å². The molecule has 0 bridgehead atoms. The van der Waals surface area contributed by atoms with E-state index < -0.39 is 5.41 Å². The second-order valence-electron chi connectivity index (χ2n) is 5.96. The van der Waals surface area contributed by atoms with E-state index in [2.05, 4.69) is 10.2 Å². The summed E-state index contributed by atoms with van der Waals surface area (Å²) in [5.41, 5.74) is 6.87. The highest BCUT2D eigenvalue weighted by Gasteiger charge is 2.29. The van der Waals surface area contributed by atoms with E-state index in [1.54, 1.807) is 0 Å². The van der Waals surface area contributed by atoms with Crippen LogP contribution in [0, 0.1) is 0 Å². The van der Waals surface area contributed by atoms with Crippen LogP contribution in [0.25, 0.3) is 0 Å². The first-order valence-electron chi connectivity index (χ1n) is 7.44. The van der Waals surface area contributed by atoms with E-state index in [0.717, 1.165) is 30.9 Å². The molecular formula is C16H25N3OS. The molecule has 2 rings (SSSR count). The van der Waals surface area contributed by atoms with Gasteiger partial charge in [-0.3, -0.25) is 9.69 Å². The van der Waals surface area contributed by atoms with Crippen molar-refractivity contribution in [1.82, 2.24) is 10.2 Å². The van der Waals surface area contributed by atoms with E-state index in [1.807, 2.05) is 49.9 Å². The molecule has 0 radical (unpaired) electrons. The summed E-state index contributed by atoms with van der Waals surface area (Å²) in [6.45, 7) is 7.80. The van der Waals surface area contributed by atoms with Gasteiger partial charge in [-0.1, -0.05) is 12.1 Å². The van der Waals surface area contributed by atoms with Crippen molar-refractivity contribution in [1.29, 1.82) is 0 Å². The number of nitrogens with one attached hydrogen (secondary N) is 1. The molecule has 3 N–H and O–H groups in total. The number of carbonyl (C=O) groups excluding carboxylic acids is 1. The number of carbonyl (C=O) groups is 1. The second-order valence-corrected chi connectivity index (χ2v) is 7.18. The van der Waals surface area contributed by atoms with Crippen LogP contribution in [0.4, 0.5) is 5.69 Å². The first-order valence-corrected chi connectivity index (χ1v) is 8.60. The Morgan fingerprint density at radius 1 is 1.29 bits per heavy atom. The molecule has 1 heterocycles. The largest absolute Gasteiger partial charge is 0.399 e. The quantitative estimate of drug-likeness (QED) is 0.813. The Bertz CT molecular complexity index is 467. The van der Waals surface area contributed by atoms with Gasteiger partial charge in [0.25, 0.3) is 0 Å². The minimum atomic E-state index is -0.536. The maximum absolute atomic E-state index is 12.4. The zero-order valence-electron chi connectivity index (χ0n) is 12.9. The third kappa shape index (κ3) is 4.38. The molecule has 0 saturated carbocycles. The normalized spacial score (nSPS) is 16.7. The van der Waals surface area contributed by atoms with Crippen LogP contribution in [0.1, 0.15) is 19.4 Å². The summed E-state index contributed by atoms with van der Waals surface area (Å²) in [5, 5.41) is 3.06. The lowest BCUT2D eigenvalue weighted by atomic mass is 9.83. The number of hydrogen-bond acceptors (Lipinski definition) is 4. The van der Waals surface area contributed by atoms with E-state index in [0.29, 0.717) is 6.54 Å². The van der Waals surface area contributed by atoms with Crippen molar-refractivity contribution >= 4 is 23.4 Å². The van der Waals surface area contributed by atoms with Gasteiger partial charge >= 0.3 is 0 Å². The first kappa shape index (κ1) is 16.2.